The fourth-order valence-electron chi connectivity index (χ4n) is 4.60. The van der Waals surface area contributed by atoms with Gasteiger partial charge < -0.3 is 29.6 Å². The lowest BCUT2D eigenvalue weighted by Crippen LogP contribution is -2.32. The molecule has 1 aliphatic rings. The Morgan fingerprint density at radius 3 is 2.63 bits per heavy atom. The van der Waals surface area contributed by atoms with Gasteiger partial charge in [0.2, 0.25) is 0 Å². The van der Waals surface area contributed by atoms with Crippen molar-refractivity contribution < 1.29 is 14.9 Å². The Bertz CT molecular complexity index is 1320. The third kappa shape index (κ3) is 4.99. The summed E-state index contributed by atoms with van der Waals surface area (Å²) in [5, 5.41) is 23.2. The van der Waals surface area contributed by atoms with Crippen molar-refractivity contribution in [2.75, 3.05) is 25.1 Å². The first-order valence-electron chi connectivity index (χ1n) is 11.7. The van der Waals surface area contributed by atoms with Crippen LogP contribution in [0.15, 0.2) is 60.9 Å². The van der Waals surface area contributed by atoms with E-state index in [0.717, 1.165) is 54.2 Å². The lowest BCUT2D eigenvalue weighted by molar-refractivity contribution is 0.281. The van der Waals surface area contributed by atoms with Crippen LogP contribution in [0.4, 0.5) is 5.69 Å². The van der Waals surface area contributed by atoms with Gasteiger partial charge >= 0.3 is 0 Å². The number of ether oxygens (including phenoxy) is 1. The summed E-state index contributed by atoms with van der Waals surface area (Å²) in [4.78, 5) is 7.20. The van der Waals surface area contributed by atoms with Crippen LogP contribution in [-0.4, -0.2) is 45.8 Å². The van der Waals surface area contributed by atoms with Crippen molar-refractivity contribution in [3.05, 3.63) is 82.6 Å². The molecule has 3 N–H and O–H groups in total. The molecule has 35 heavy (non-hydrogen) atoms. The number of aromatic nitrogens is 2. The minimum Gasteiger partial charge on any atom is -0.495 e. The highest BCUT2D eigenvalue weighted by Gasteiger charge is 2.23. The molecule has 3 heterocycles. The zero-order valence-electron chi connectivity index (χ0n) is 19.6. The predicted octanol–water partition coefficient (Wildman–Crippen LogP) is 4.02. The molecule has 0 amide bonds. The number of aliphatic hydroxyl groups excluding tert-OH is 2. The van der Waals surface area contributed by atoms with Crippen LogP contribution in [0.1, 0.15) is 23.1 Å². The first-order valence-corrected chi connectivity index (χ1v) is 12.1. The van der Waals surface area contributed by atoms with Gasteiger partial charge in [-0.15, -0.1) is 0 Å². The Hall–Kier alpha value is -3.10. The molecular weight excluding hydrogens is 464 g/mol. The van der Waals surface area contributed by atoms with E-state index in [4.69, 9.17) is 21.3 Å². The predicted molar refractivity (Wildman–Crippen MR) is 138 cm³/mol. The maximum atomic E-state index is 9.86. The highest BCUT2D eigenvalue weighted by Crippen LogP contribution is 2.34. The fourth-order valence-corrected chi connectivity index (χ4v) is 4.85. The molecule has 5 rings (SSSR count). The first kappa shape index (κ1) is 23.6. The van der Waals surface area contributed by atoms with Gasteiger partial charge in [0, 0.05) is 55.4 Å². The van der Waals surface area contributed by atoms with Gasteiger partial charge in [-0.1, -0.05) is 35.9 Å². The molecule has 2 aromatic carbocycles. The van der Waals surface area contributed by atoms with E-state index in [2.05, 4.69) is 34.5 Å². The van der Waals surface area contributed by atoms with E-state index in [-0.39, 0.29) is 13.2 Å². The highest BCUT2D eigenvalue weighted by molar-refractivity contribution is 6.32. The summed E-state index contributed by atoms with van der Waals surface area (Å²) >= 11 is 6.35. The van der Waals surface area contributed by atoms with Crippen molar-refractivity contribution in [1.82, 2.24) is 14.7 Å². The van der Waals surface area contributed by atoms with Crippen molar-refractivity contribution in [1.29, 1.82) is 0 Å². The molecule has 8 heteroatoms. The van der Waals surface area contributed by atoms with Crippen LogP contribution in [-0.2, 0) is 19.8 Å². The third-order valence-electron chi connectivity index (χ3n) is 6.62. The van der Waals surface area contributed by atoms with E-state index in [1.54, 1.807) is 19.2 Å². The van der Waals surface area contributed by atoms with Crippen molar-refractivity contribution >= 4 is 22.9 Å². The normalized spacial score (nSPS) is 15.8. The van der Waals surface area contributed by atoms with Crippen LogP contribution >= 0.6 is 11.6 Å². The average molecular weight is 493 g/mol. The molecule has 1 atom stereocenters. The molecule has 0 unspecified atom stereocenters. The molecule has 0 radical (unpaired) electrons. The number of rotatable bonds is 8. The number of hydrogen-bond donors (Lipinski definition) is 3. The summed E-state index contributed by atoms with van der Waals surface area (Å²) in [6.45, 7) is 2.67. The Labute approximate surface area is 209 Å². The number of fused-ring (bicyclic) bond motifs is 1. The van der Waals surface area contributed by atoms with E-state index >= 15 is 0 Å². The summed E-state index contributed by atoms with van der Waals surface area (Å²) in [6, 6.07) is 16.2. The summed E-state index contributed by atoms with van der Waals surface area (Å²) in [5.41, 5.74) is 6.39. The molecule has 182 valence electrons. The molecule has 0 aliphatic carbocycles. The Morgan fingerprint density at radius 1 is 1.09 bits per heavy atom. The number of hydrogen-bond acceptors (Lipinski definition) is 6. The molecule has 7 nitrogen and oxygen atoms in total. The highest BCUT2D eigenvalue weighted by atomic mass is 35.5. The molecule has 0 saturated carbocycles. The largest absolute Gasteiger partial charge is 0.495 e. The van der Waals surface area contributed by atoms with E-state index in [0.29, 0.717) is 22.4 Å². The van der Waals surface area contributed by atoms with Gasteiger partial charge in [-0.3, -0.25) is 0 Å². The summed E-state index contributed by atoms with van der Waals surface area (Å²) in [7, 11) is 1.56. The van der Waals surface area contributed by atoms with Crippen LogP contribution in [0, 0.1) is 0 Å². The Morgan fingerprint density at radius 2 is 1.89 bits per heavy atom. The van der Waals surface area contributed by atoms with Gasteiger partial charge in [0.25, 0.3) is 0 Å². The minimum absolute atomic E-state index is 0.0735. The number of pyridine rings is 1. The van der Waals surface area contributed by atoms with Crippen LogP contribution < -0.4 is 15.0 Å². The lowest BCUT2D eigenvalue weighted by Gasteiger charge is -2.19. The zero-order valence-corrected chi connectivity index (χ0v) is 20.4. The van der Waals surface area contributed by atoms with E-state index in [1.165, 1.54) is 5.56 Å². The molecule has 0 bridgehead atoms. The van der Waals surface area contributed by atoms with Gasteiger partial charge in [0.15, 0.2) is 0 Å². The van der Waals surface area contributed by atoms with Gasteiger partial charge in [-0.25, -0.2) is 4.98 Å². The molecule has 1 aliphatic heterocycles. The maximum Gasteiger partial charge on any atom is 0.139 e. The van der Waals surface area contributed by atoms with Crippen LogP contribution in [0.3, 0.4) is 0 Å². The SMILES string of the molecule is COc1cc(CO)c(-c2cn3ccc(N4CC[C@H](NCc5ccc(CO)cc5)C4)cc3n2)cc1Cl. The van der Waals surface area contributed by atoms with Gasteiger partial charge in [-0.05, 0) is 41.3 Å². The number of imidazole rings is 1. The van der Waals surface area contributed by atoms with E-state index in [9.17, 15) is 10.2 Å². The molecule has 4 aromatic rings. The molecular formula is C27H29ClN4O3. The van der Waals surface area contributed by atoms with Gasteiger partial charge in [0.1, 0.15) is 11.4 Å². The van der Waals surface area contributed by atoms with E-state index in [1.807, 2.05) is 28.9 Å². The first-order chi connectivity index (χ1) is 17.1. The van der Waals surface area contributed by atoms with Gasteiger partial charge in [0.05, 0.1) is 31.0 Å². The minimum atomic E-state index is -0.129. The number of aliphatic hydroxyl groups is 2. The van der Waals surface area contributed by atoms with Crippen LogP contribution in [0.2, 0.25) is 5.02 Å². The Balaban J connectivity index is 1.29. The third-order valence-corrected chi connectivity index (χ3v) is 6.92. The van der Waals surface area contributed by atoms with Gasteiger partial charge in [-0.2, -0.15) is 0 Å². The second kappa shape index (κ2) is 10.3. The second-order valence-electron chi connectivity index (χ2n) is 8.87. The van der Waals surface area contributed by atoms with E-state index < -0.39 is 0 Å². The summed E-state index contributed by atoms with van der Waals surface area (Å²) in [5.74, 6) is 0.532. The number of nitrogens with zero attached hydrogens (tertiary/aromatic N) is 3. The number of nitrogens with one attached hydrogen (secondary N) is 1. The topological polar surface area (TPSA) is 82.3 Å². The summed E-state index contributed by atoms with van der Waals surface area (Å²) < 4.78 is 7.27. The zero-order chi connectivity index (χ0) is 24.4. The second-order valence-corrected chi connectivity index (χ2v) is 9.27. The number of methoxy groups -OCH3 is 1. The van der Waals surface area contributed by atoms with Crippen molar-refractivity contribution in [2.24, 2.45) is 0 Å². The smallest absolute Gasteiger partial charge is 0.139 e. The summed E-state index contributed by atoms with van der Waals surface area (Å²) in [6.07, 6.45) is 5.05. The fraction of sp³-hybridized carbons (Fsp3) is 0.296. The molecule has 1 saturated heterocycles. The van der Waals surface area contributed by atoms with Crippen molar-refractivity contribution in [3.8, 4) is 17.0 Å². The maximum absolute atomic E-state index is 9.86. The van der Waals surface area contributed by atoms with Crippen LogP contribution in [0.5, 0.6) is 5.75 Å². The quantitative estimate of drug-likeness (QED) is 0.345. The number of anilines is 1. The Kier molecular flexibility index (Phi) is 6.92. The monoisotopic (exact) mass is 492 g/mol. The lowest BCUT2D eigenvalue weighted by atomic mass is 10.1. The average Bonchev–Trinajstić information content (AvgIpc) is 3.54. The van der Waals surface area contributed by atoms with Crippen LogP contribution in [0.25, 0.3) is 16.9 Å². The standard InChI is InChI=1S/C27H29ClN4O3/c1-35-26-10-20(17-34)23(12-24(26)28)25-15-32-9-7-22(11-27(32)30-25)31-8-6-21(14-31)29-13-18-2-4-19(16-33)5-3-18/h2-5,7,9-12,15,21,29,33-34H,6,8,13-14,16-17H2,1H3/t21-/m0/s1. The molecule has 0 spiro atoms. The number of benzene rings is 2. The molecule has 1 fully saturated rings. The van der Waals surface area contributed by atoms with Crippen molar-refractivity contribution in [3.63, 3.8) is 0 Å². The number of halogens is 1. The molecule has 2 aromatic heterocycles. The van der Waals surface area contributed by atoms with Crippen molar-refractivity contribution in [2.45, 2.75) is 32.2 Å².